The summed E-state index contributed by atoms with van der Waals surface area (Å²) in [6.45, 7) is 11.1. The van der Waals surface area contributed by atoms with Gasteiger partial charge < -0.3 is 10.1 Å². The molecular weight excluding hydrogens is 462 g/mol. The fraction of sp³-hybridized carbons (Fsp3) is 0.700. The molecule has 10 heteroatoms. The van der Waals surface area contributed by atoms with E-state index in [2.05, 4.69) is 29.0 Å². The van der Waals surface area contributed by atoms with Crippen molar-refractivity contribution in [1.82, 2.24) is 15.1 Å². The number of hydrogen-bond donors (Lipinski definition) is 1. The van der Waals surface area contributed by atoms with Gasteiger partial charge in [0, 0.05) is 51.9 Å². The standard InChI is InChI=1S/C20H30F3N3O.3ClH/c1-15-12-26(13-16(2)27-15)10-9-25-8-7-24-19(14-25)11-17-3-5-18(6-4-17)20(21,22)23;;;/h3-6,15-16,19,24H,7-14H2,1-2H3;3*1H/t15-,16+,19-;;;/m1.../s1. The lowest BCUT2D eigenvalue weighted by atomic mass is 10.0. The first-order chi connectivity index (χ1) is 12.8. The van der Waals surface area contributed by atoms with Crippen molar-refractivity contribution in [2.24, 2.45) is 0 Å². The minimum atomic E-state index is -4.27. The molecule has 3 rings (SSSR count). The normalized spacial score (nSPS) is 25.6. The number of halogens is 6. The number of rotatable bonds is 5. The van der Waals surface area contributed by atoms with Crippen LogP contribution < -0.4 is 5.32 Å². The molecule has 2 saturated heterocycles. The summed E-state index contributed by atoms with van der Waals surface area (Å²) in [5, 5.41) is 3.50. The zero-order chi connectivity index (χ0) is 19.4. The van der Waals surface area contributed by atoms with Crippen LogP contribution in [0.5, 0.6) is 0 Å². The van der Waals surface area contributed by atoms with Crippen LogP contribution in [0.3, 0.4) is 0 Å². The van der Waals surface area contributed by atoms with Crippen LogP contribution in [-0.4, -0.2) is 73.9 Å². The van der Waals surface area contributed by atoms with E-state index in [-0.39, 0.29) is 55.5 Å². The molecule has 0 aliphatic carbocycles. The van der Waals surface area contributed by atoms with Crippen LogP contribution in [0, 0.1) is 0 Å². The fourth-order valence-corrected chi connectivity index (χ4v) is 4.10. The van der Waals surface area contributed by atoms with Crippen LogP contribution in [0.4, 0.5) is 13.2 Å². The van der Waals surface area contributed by atoms with Crippen LogP contribution in [0.15, 0.2) is 24.3 Å². The van der Waals surface area contributed by atoms with Gasteiger partial charge in [0.2, 0.25) is 0 Å². The lowest BCUT2D eigenvalue weighted by molar-refractivity contribution is -0.137. The summed E-state index contributed by atoms with van der Waals surface area (Å²) in [7, 11) is 0. The number of hydrogen-bond acceptors (Lipinski definition) is 4. The van der Waals surface area contributed by atoms with Gasteiger partial charge in [0.05, 0.1) is 17.8 Å². The van der Waals surface area contributed by atoms with Gasteiger partial charge in [0.1, 0.15) is 0 Å². The number of ether oxygens (including phenoxy) is 1. The SMILES string of the molecule is C[C@@H]1CN(CCN2CCN[C@H](Cc3ccc(C(F)(F)F)cc3)C2)C[C@H](C)O1.Cl.Cl.Cl. The lowest BCUT2D eigenvalue weighted by Crippen LogP contribution is -2.54. The van der Waals surface area contributed by atoms with Crippen LogP contribution in [0.25, 0.3) is 0 Å². The summed E-state index contributed by atoms with van der Waals surface area (Å²) in [4.78, 5) is 4.92. The van der Waals surface area contributed by atoms with Crippen molar-refractivity contribution in [3.63, 3.8) is 0 Å². The fourth-order valence-electron chi connectivity index (χ4n) is 4.10. The first-order valence-corrected chi connectivity index (χ1v) is 9.79. The van der Waals surface area contributed by atoms with Gasteiger partial charge in [0.25, 0.3) is 0 Å². The number of alkyl halides is 3. The van der Waals surface area contributed by atoms with Crippen LogP contribution in [0.2, 0.25) is 0 Å². The third-order valence-electron chi connectivity index (χ3n) is 5.33. The summed E-state index contributed by atoms with van der Waals surface area (Å²) >= 11 is 0. The van der Waals surface area contributed by atoms with Crippen molar-refractivity contribution in [2.45, 2.75) is 44.7 Å². The number of morpholine rings is 1. The Kier molecular flexibility index (Phi) is 13.2. The van der Waals surface area contributed by atoms with Crippen LogP contribution >= 0.6 is 37.2 Å². The molecule has 1 aromatic carbocycles. The predicted molar refractivity (Wildman–Crippen MR) is 122 cm³/mol. The highest BCUT2D eigenvalue weighted by Gasteiger charge is 2.30. The van der Waals surface area contributed by atoms with E-state index in [0.29, 0.717) is 0 Å². The molecule has 3 atom stereocenters. The minimum Gasteiger partial charge on any atom is -0.373 e. The maximum atomic E-state index is 12.7. The van der Waals surface area contributed by atoms with Gasteiger partial charge in [-0.05, 0) is 38.0 Å². The molecule has 2 aliphatic rings. The van der Waals surface area contributed by atoms with E-state index in [9.17, 15) is 13.2 Å². The predicted octanol–water partition coefficient (Wildman–Crippen LogP) is 3.90. The minimum absolute atomic E-state index is 0. The summed E-state index contributed by atoms with van der Waals surface area (Å²) in [5.41, 5.74) is 0.358. The topological polar surface area (TPSA) is 27.7 Å². The molecule has 0 unspecified atom stereocenters. The van der Waals surface area contributed by atoms with Gasteiger partial charge in [-0.25, -0.2) is 0 Å². The Morgan fingerprint density at radius 2 is 1.50 bits per heavy atom. The summed E-state index contributed by atoms with van der Waals surface area (Å²) < 4.78 is 43.8. The summed E-state index contributed by atoms with van der Waals surface area (Å²) in [6.07, 6.45) is -2.96. The maximum Gasteiger partial charge on any atom is 0.416 e. The summed E-state index contributed by atoms with van der Waals surface area (Å²) in [6, 6.07) is 5.82. The van der Waals surface area contributed by atoms with Crippen LogP contribution in [0.1, 0.15) is 25.0 Å². The second-order valence-electron chi connectivity index (χ2n) is 7.87. The molecule has 30 heavy (non-hydrogen) atoms. The van der Waals surface area contributed by atoms with E-state index in [1.807, 2.05) is 0 Å². The largest absolute Gasteiger partial charge is 0.416 e. The summed E-state index contributed by atoms with van der Waals surface area (Å²) in [5.74, 6) is 0. The van der Waals surface area contributed by atoms with Crippen molar-refractivity contribution in [3.8, 4) is 0 Å². The van der Waals surface area contributed by atoms with Crippen molar-refractivity contribution >= 4 is 37.2 Å². The van der Waals surface area contributed by atoms with Gasteiger partial charge >= 0.3 is 6.18 Å². The average molecular weight is 495 g/mol. The third kappa shape index (κ3) is 9.07. The van der Waals surface area contributed by atoms with E-state index in [1.165, 1.54) is 12.1 Å². The Morgan fingerprint density at radius 1 is 0.933 bits per heavy atom. The van der Waals surface area contributed by atoms with E-state index < -0.39 is 11.7 Å². The number of nitrogens with zero attached hydrogens (tertiary/aromatic N) is 2. The lowest BCUT2D eigenvalue weighted by Gasteiger charge is -2.38. The Balaban J connectivity index is 0.00000280. The highest BCUT2D eigenvalue weighted by atomic mass is 35.5. The molecule has 2 aliphatic heterocycles. The molecule has 1 aromatic rings. The Labute approximate surface area is 196 Å². The van der Waals surface area contributed by atoms with Crippen LogP contribution in [-0.2, 0) is 17.3 Å². The molecule has 0 aromatic heterocycles. The molecule has 0 saturated carbocycles. The zero-order valence-electron chi connectivity index (χ0n) is 17.4. The quantitative estimate of drug-likeness (QED) is 0.672. The number of piperazine rings is 1. The average Bonchev–Trinajstić information content (AvgIpc) is 2.59. The second kappa shape index (κ2) is 13.3. The van der Waals surface area contributed by atoms with Gasteiger partial charge in [-0.1, -0.05) is 12.1 Å². The monoisotopic (exact) mass is 493 g/mol. The number of benzene rings is 1. The molecule has 2 fully saturated rings. The van der Waals surface area contributed by atoms with Gasteiger partial charge in [-0.3, -0.25) is 9.80 Å². The van der Waals surface area contributed by atoms with Gasteiger partial charge in [-0.15, -0.1) is 37.2 Å². The Bertz CT molecular complexity index is 597. The van der Waals surface area contributed by atoms with E-state index in [4.69, 9.17) is 4.74 Å². The molecule has 0 amide bonds. The smallest absolute Gasteiger partial charge is 0.373 e. The molecule has 1 N–H and O–H groups in total. The van der Waals surface area contributed by atoms with Gasteiger partial charge in [-0.2, -0.15) is 13.2 Å². The van der Waals surface area contributed by atoms with E-state index in [1.54, 1.807) is 12.1 Å². The molecule has 2 heterocycles. The molecule has 0 spiro atoms. The number of nitrogens with one attached hydrogen (secondary N) is 1. The first-order valence-electron chi connectivity index (χ1n) is 9.79. The molecule has 176 valence electrons. The molecule has 0 bridgehead atoms. The van der Waals surface area contributed by atoms with E-state index in [0.717, 1.165) is 57.8 Å². The zero-order valence-corrected chi connectivity index (χ0v) is 19.8. The van der Waals surface area contributed by atoms with Crippen molar-refractivity contribution in [2.75, 3.05) is 45.8 Å². The van der Waals surface area contributed by atoms with Crippen molar-refractivity contribution in [3.05, 3.63) is 35.4 Å². The Hall–Kier alpha value is -0.280. The molecular formula is C20H33Cl3F3N3O. The third-order valence-corrected chi connectivity index (χ3v) is 5.33. The van der Waals surface area contributed by atoms with Crippen molar-refractivity contribution < 1.29 is 17.9 Å². The molecule has 4 nitrogen and oxygen atoms in total. The van der Waals surface area contributed by atoms with E-state index >= 15 is 0 Å². The Morgan fingerprint density at radius 3 is 2.07 bits per heavy atom. The second-order valence-corrected chi connectivity index (χ2v) is 7.87. The van der Waals surface area contributed by atoms with Gasteiger partial charge in [0.15, 0.2) is 0 Å². The maximum absolute atomic E-state index is 12.7. The highest BCUT2D eigenvalue weighted by molar-refractivity contribution is 5.86. The highest BCUT2D eigenvalue weighted by Crippen LogP contribution is 2.29. The molecule has 0 radical (unpaired) electrons. The first kappa shape index (κ1) is 29.7. The van der Waals surface area contributed by atoms with Crippen molar-refractivity contribution in [1.29, 1.82) is 0 Å².